The fourth-order valence-electron chi connectivity index (χ4n) is 3.08. The average Bonchev–Trinajstić information content (AvgIpc) is 2.76. The van der Waals surface area contributed by atoms with Gasteiger partial charge in [0.05, 0.1) is 13.7 Å². The Morgan fingerprint density at radius 3 is 2.45 bits per heavy atom. The van der Waals surface area contributed by atoms with E-state index in [0.29, 0.717) is 11.4 Å². The van der Waals surface area contributed by atoms with Gasteiger partial charge in [0, 0.05) is 21.9 Å². The summed E-state index contributed by atoms with van der Waals surface area (Å²) in [6.07, 6.45) is 0. The van der Waals surface area contributed by atoms with Gasteiger partial charge in [-0.1, -0.05) is 52.3 Å². The highest BCUT2D eigenvalue weighted by Crippen LogP contribution is 2.21. The third-order valence-corrected chi connectivity index (χ3v) is 5.15. The molecule has 0 radical (unpaired) electrons. The Morgan fingerprint density at radius 1 is 0.968 bits per heavy atom. The number of aryl methyl sites for hydroxylation is 1. The van der Waals surface area contributed by atoms with E-state index in [2.05, 4.69) is 31.9 Å². The number of rotatable bonds is 8. The molecule has 0 saturated heterocycles. The highest BCUT2D eigenvalue weighted by atomic mass is 79.9. The minimum atomic E-state index is -0.704. The molecule has 3 aromatic rings. The maximum Gasteiger partial charge on any atom is 0.246 e. The van der Waals surface area contributed by atoms with Gasteiger partial charge in [-0.3, -0.25) is 14.9 Å². The fourth-order valence-corrected chi connectivity index (χ4v) is 3.55. The number of carbonyl (C=O) groups excluding carboxylic acids is 2. The van der Waals surface area contributed by atoms with E-state index in [1.54, 1.807) is 31.4 Å². The lowest BCUT2D eigenvalue weighted by atomic mass is 10.1. The molecule has 1 atom stereocenters. The first-order chi connectivity index (χ1) is 15.0. The molecular formula is C24H24BrN3O3. The summed E-state index contributed by atoms with van der Waals surface area (Å²) < 4.78 is 6.16. The van der Waals surface area contributed by atoms with Crippen LogP contribution in [0.4, 0.5) is 11.4 Å². The minimum absolute atomic E-state index is 0.0272. The monoisotopic (exact) mass is 481 g/mol. The Kier molecular flexibility index (Phi) is 7.81. The van der Waals surface area contributed by atoms with Crippen LogP contribution in [-0.2, 0) is 9.59 Å². The van der Waals surface area contributed by atoms with Crippen LogP contribution >= 0.6 is 15.9 Å². The van der Waals surface area contributed by atoms with Crippen LogP contribution in [0.5, 0.6) is 5.75 Å². The van der Waals surface area contributed by atoms with Crippen molar-refractivity contribution in [1.82, 2.24) is 5.32 Å². The van der Waals surface area contributed by atoms with E-state index in [0.717, 1.165) is 21.3 Å². The molecule has 3 rings (SSSR count). The molecule has 2 amide bonds. The average molecular weight is 482 g/mol. The number of hydrogen-bond acceptors (Lipinski definition) is 4. The molecule has 7 heteroatoms. The predicted octanol–water partition coefficient (Wildman–Crippen LogP) is 4.67. The topological polar surface area (TPSA) is 79.5 Å². The molecule has 3 N–H and O–H groups in total. The largest absolute Gasteiger partial charge is 0.497 e. The molecule has 0 bridgehead atoms. The van der Waals surface area contributed by atoms with Crippen LogP contribution in [0.15, 0.2) is 77.3 Å². The zero-order valence-electron chi connectivity index (χ0n) is 17.3. The van der Waals surface area contributed by atoms with Gasteiger partial charge in [0.15, 0.2) is 0 Å². The Morgan fingerprint density at radius 2 is 1.74 bits per heavy atom. The summed E-state index contributed by atoms with van der Waals surface area (Å²) in [4.78, 5) is 25.5. The molecule has 0 aromatic heterocycles. The first kappa shape index (κ1) is 22.5. The van der Waals surface area contributed by atoms with Crippen molar-refractivity contribution in [3.63, 3.8) is 0 Å². The minimum Gasteiger partial charge on any atom is -0.497 e. The van der Waals surface area contributed by atoms with E-state index >= 15 is 0 Å². The van der Waals surface area contributed by atoms with Crippen LogP contribution in [0, 0.1) is 6.92 Å². The van der Waals surface area contributed by atoms with Gasteiger partial charge in [-0.25, -0.2) is 0 Å². The molecule has 6 nitrogen and oxygen atoms in total. The van der Waals surface area contributed by atoms with E-state index in [-0.39, 0.29) is 18.4 Å². The molecule has 31 heavy (non-hydrogen) atoms. The number of hydrogen-bond donors (Lipinski definition) is 3. The Balaban J connectivity index is 1.70. The van der Waals surface area contributed by atoms with Crippen LogP contribution in [0.25, 0.3) is 0 Å². The fraction of sp³-hybridized carbons (Fsp3) is 0.167. The molecular weight excluding hydrogens is 458 g/mol. The predicted molar refractivity (Wildman–Crippen MR) is 126 cm³/mol. The molecule has 0 heterocycles. The SMILES string of the molecule is COc1cccc(NC(=O)C(NCC(=O)Nc2ccc(Br)cc2C)c2ccccc2)c1. The number of carbonyl (C=O) groups is 2. The third-order valence-electron chi connectivity index (χ3n) is 4.66. The van der Waals surface area contributed by atoms with Crippen molar-refractivity contribution in [2.75, 3.05) is 24.3 Å². The summed E-state index contributed by atoms with van der Waals surface area (Å²) in [6, 6.07) is 21.3. The van der Waals surface area contributed by atoms with Crippen molar-refractivity contribution in [3.8, 4) is 5.75 Å². The molecule has 0 fully saturated rings. The first-order valence-electron chi connectivity index (χ1n) is 9.75. The second-order valence-electron chi connectivity index (χ2n) is 6.95. The van der Waals surface area contributed by atoms with Crippen molar-refractivity contribution in [1.29, 1.82) is 0 Å². The molecule has 3 aromatic carbocycles. The van der Waals surface area contributed by atoms with E-state index in [4.69, 9.17) is 4.74 Å². The number of amides is 2. The highest BCUT2D eigenvalue weighted by molar-refractivity contribution is 9.10. The standard InChI is InChI=1S/C24H24BrN3O3/c1-16-13-18(25)11-12-21(16)28-22(29)15-26-23(17-7-4-3-5-8-17)24(30)27-19-9-6-10-20(14-19)31-2/h3-14,23,26H,15H2,1-2H3,(H,27,30)(H,28,29). The second-order valence-corrected chi connectivity index (χ2v) is 7.87. The van der Waals surface area contributed by atoms with Crippen molar-refractivity contribution in [2.45, 2.75) is 13.0 Å². The van der Waals surface area contributed by atoms with Crippen molar-refractivity contribution >= 4 is 39.1 Å². The molecule has 0 aliphatic heterocycles. The Bertz CT molecular complexity index is 1060. The summed E-state index contributed by atoms with van der Waals surface area (Å²) in [5.74, 6) is 0.138. The van der Waals surface area contributed by atoms with E-state index in [1.807, 2.05) is 55.5 Å². The number of anilines is 2. The molecule has 0 spiro atoms. The van der Waals surface area contributed by atoms with Crippen LogP contribution in [-0.4, -0.2) is 25.5 Å². The van der Waals surface area contributed by atoms with Gasteiger partial charge < -0.3 is 15.4 Å². The molecule has 0 aliphatic rings. The Labute approximate surface area is 190 Å². The van der Waals surface area contributed by atoms with Gasteiger partial charge in [0.25, 0.3) is 0 Å². The molecule has 1 unspecified atom stereocenters. The van der Waals surface area contributed by atoms with E-state index < -0.39 is 6.04 Å². The number of benzene rings is 3. The number of ether oxygens (including phenoxy) is 1. The van der Waals surface area contributed by atoms with Crippen molar-refractivity contribution in [2.24, 2.45) is 0 Å². The quantitative estimate of drug-likeness (QED) is 0.436. The summed E-state index contributed by atoms with van der Waals surface area (Å²) >= 11 is 3.41. The summed E-state index contributed by atoms with van der Waals surface area (Å²) in [5, 5.41) is 8.83. The normalized spacial score (nSPS) is 11.5. The zero-order chi connectivity index (χ0) is 22.2. The van der Waals surface area contributed by atoms with Crippen LogP contribution in [0.1, 0.15) is 17.2 Å². The lowest BCUT2D eigenvalue weighted by molar-refractivity contribution is -0.119. The maximum atomic E-state index is 13.0. The third kappa shape index (κ3) is 6.41. The Hall–Kier alpha value is -3.16. The van der Waals surface area contributed by atoms with E-state index in [9.17, 15) is 9.59 Å². The van der Waals surface area contributed by atoms with Gasteiger partial charge in [0.2, 0.25) is 11.8 Å². The maximum absolute atomic E-state index is 13.0. The van der Waals surface area contributed by atoms with Gasteiger partial charge in [0.1, 0.15) is 11.8 Å². The van der Waals surface area contributed by atoms with Gasteiger partial charge in [-0.2, -0.15) is 0 Å². The molecule has 0 saturated carbocycles. The zero-order valence-corrected chi connectivity index (χ0v) is 18.9. The lowest BCUT2D eigenvalue weighted by Gasteiger charge is -2.19. The smallest absolute Gasteiger partial charge is 0.246 e. The second kappa shape index (κ2) is 10.7. The number of methoxy groups -OCH3 is 1. The van der Waals surface area contributed by atoms with Crippen LogP contribution in [0.3, 0.4) is 0 Å². The number of halogens is 1. The van der Waals surface area contributed by atoms with Gasteiger partial charge >= 0.3 is 0 Å². The molecule has 0 aliphatic carbocycles. The van der Waals surface area contributed by atoms with Gasteiger partial charge in [-0.15, -0.1) is 0 Å². The van der Waals surface area contributed by atoms with Gasteiger partial charge in [-0.05, 0) is 48.4 Å². The summed E-state index contributed by atoms with van der Waals surface area (Å²) in [6.45, 7) is 1.89. The number of nitrogens with one attached hydrogen (secondary N) is 3. The van der Waals surface area contributed by atoms with Crippen molar-refractivity contribution < 1.29 is 14.3 Å². The van der Waals surface area contributed by atoms with Crippen LogP contribution in [0.2, 0.25) is 0 Å². The molecule has 160 valence electrons. The summed E-state index contributed by atoms with van der Waals surface area (Å²) in [7, 11) is 1.57. The van der Waals surface area contributed by atoms with Crippen LogP contribution < -0.4 is 20.7 Å². The first-order valence-corrected chi connectivity index (χ1v) is 10.5. The highest BCUT2D eigenvalue weighted by Gasteiger charge is 2.21. The van der Waals surface area contributed by atoms with Crippen molar-refractivity contribution in [3.05, 3.63) is 88.4 Å². The lowest BCUT2D eigenvalue weighted by Crippen LogP contribution is -2.37. The summed E-state index contributed by atoms with van der Waals surface area (Å²) in [5.41, 5.74) is 3.04. The van der Waals surface area contributed by atoms with E-state index in [1.165, 1.54) is 0 Å².